The third-order valence-corrected chi connectivity index (χ3v) is 3.94. The van der Waals surface area contributed by atoms with Crippen molar-refractivity contribution in [3.63, 3.8) is 0 Å². The van der Waals surface area contributed by atoms with Gasteiger partial charge in [0.05, 0.1) is 11.8 Å². The lowest BCUT2D eigenvalue weighted by molar-refractivity contribution is 0.0682. The van der Waals surface area contributed by atoms with Crippen molar-refractivity contribution in [2.75, 3.05) is 18.5 Å². The van der Waals surface area contributed by atoms with Crippen LogP contribution in [0.5, 0.6) is 5.75 Å². The Hall–Kier alpha value is -2.04. The SMILES string of the molecule is O=C(Nc1ccccc1OCC1CCCO1)c1ccc(Cl)cc1. The van der Waals surface area contributed by atoms with Gasteiger partial charge < -0.3 is 14.8 Å². The van der Waals surface area contributed by atoms with Crippen LogP contribution in [0, 0.1) is 0 Å². The van der Waals surface area contributed by atoms with Crippen molar-refractivity contribution in [1.29, 1.82) is 0 Å². The van der Waals surface area contributed by atoms with Gasteiger partial charge in [0.2, 0.25) is 0 Å². The first-order chi connectivity index (χ1) is 11.2. The number of hydrogen-bond donors (Lipinski definition) is 1. The number of carbonyl (C=O) groups excluding carboxylic acids is 1. The molecule has 0 spiro atoms. The first-order valence-corrected chi connectivity index (χ1v) is 8.00. The lowest BCUT2D eigenvalue weighted by atomic mass is 10.2. The second-order valence-electron chi connectivity index (χ2n) is 5.40. The largest absolute Gasteiger partial charge is 0.489 e. The second kappa shape index (κ2) is 7.49. The van der Waals surface area contributed by atoms with Crippen molar-refractivity contribution < 1.29 is 14.3 Å². The molecule has 1 atom stereocenters. The highest BCUT2D eigenvalue weighted by Gasteiger charge is 2.17. The Bertz CT molecular complexity index is 666. The van der Waals surface area contributed by atoms with Crippen molar-refractivity contribution in [3.8, 4) is 5.75 Å². The maximum Gasteiger partial charge on any atom is 0.255 e. The van der Waals surface area contributed by atoms with Gasteiger partial charge in [-0.1, -0.05) is 23.7 Å². The average Bonchev–Trinajstić information content (AvgIpc) is 3.08. The maximum absolute atomic E-state index is 12.3. The molecule has 2 aromatic carbocycles. The van der Waals surface area contributed by atoms with Crippen LogP contribution < -0.4 is 10.1 Å². The normalized spacial score (nSPS) is 17.0. The zero-order chi connectivity index (χ0) is 16.1. The van der Waals surface area contributed by atoms with Crippen LogP contribution in [-0.4, -0.2) is 25.2 Å². The van der Waals surface area contributed by atoms with Crippen molar-refractivity contribution >= 4 is 23.2 Å². The molecule has 1 unspecified atom stereocenters. The van der Waals surface area contributed by atoms with E-state index in [1.54, 1.807) is 24.3 Å². The van der Waals surface area contributed by atoms with Crippen LogP contribution in [-0.2, 0) is 4.74 Å². The molecule has 0 aliphatic carbocycles. The molecule has 3 rings (SSSR count). The number of carbonyl (C=O) groups is 1. The Labute approximate surface area is 140 Å². The van der Waals surface area contributed by atoms with Crippen LogP contribution in [0.15, 0.2) is 48.5 Å². The van der Waals surface area contributed by atoms with Crippen molar-refractivity contribution in [2.45, 2.75) is 18.9 Å². The molecule has 1 aliphatic heterocycles. The second-order valence-corrected chi connectivity index (χ2v) is 5.84. The smallest absolute Gasteiger partial charge is 0.255 e. The molecular formula is C18H18ClNO3. The third-order valence-electron chi connectivity index (χ3n) is 3.69. The summed E-state index contributed by atoms with van der Waals surface area (Å²) in [6.45, 7) is 1.29. The Morgan fingerprint density at radius 3 is 2.74 bits per heavy atom. The Kier molecular flexibility index (Phi) is 5.16. The Morgan fingerprint density at radius 2 is 2.00 bits per heavy atom. The molecule has 5 heteroatoms. The molecule has 4 nitrogen and oxygen atoms in total. The van der Waals surface area contributed by atoms with E-state index < -0.39 is 0 Å². The van der Waals surface area contributed by atoms with Crippen molar-refractivity contribution in [2.24, 2.45) is 0 Å². The molecule has 2 aromatic rings. The number of benzene rings is 2. The van der Waals surface area contributed by atoms with Gasteiger partial charge in [-0.15, -0.1) is 0 Å². The maximum atomic E-state index is 12.3. The van der Waals surface area contributed by atoms with E-state index in [0.717, 1.165) is 19.4 Å². The van der Waals surface area contributed by atoms with Crippen LogP contribution in [0.3, 0.4) is 0 Å². The molecule has 0 aromatic heterocycles. The molecule has 0 saturated carbocycles. The molecule has 0 radical (unpaired) electrons. The number of amides is 1. The summed E-state index contributed by atoms with van der Waals surface area (Å²) in [7, 11) is 0. The molecule has 23 heavy (non-hydrogen) atoms. The molecule has 1 heterocycles. The molecule has 1 N–H and O–H groups in total. The zero-order valence-electron chi connectivity index (χ0n) is 12.6. The van der Waals surface area contributed by atoms with E-state index in [-0.39, 0.29) is 12.0 Å². The quantitative estimate of drug-likeness (QED) is 0.895. The summed E-state index contributed by atoms with van der Waals surface area (Å²) in [4.78, 5) is 12.3. The van der Waals surface area contributed by atoms with Gasteiger partial charge in [0.25, 0.3) is 5.91 Å². The van der Waals surface area contributed by atoms with Gasteiger partial charge in [-0.05, 0) is 49.2 Å². The molecule has 0 bridgehead atoms. The summed E-state index contributed by atoms with van der Waals surface area (Å²) in [6, 6.07) is 14.2. The third kappa shape index (κ3) is 4.24. The van der Waals surface area contributed by atoms with Crippen LogP contribution in [0.1, 0.15) is 23.2 Å². The summed E-state index contributed by atoms with van der Waals surface area (Å²) >= 11 is 5.84. The average molecular weight is 332 g/mol. The Balaban J connectivity index is 1.67. The number of ether oxygens (including phenoxy) is 2. The van der Waals surface area contributed by atoms with Crippen molar-refractivity contribution in [1.82, 2.24) is 0 Å². The standard InChI is InChI=1S/C18H18ClNO3/c19-14-9-7-13(8-10-14)18(21)20-16-5-1-2-6-17(16)23-12-15-4-3-11-22-15/h1-2,5-10,15H,3-4,11-12H2,(H,20,21). The topological polar surface area (TPSA) is 47.6 Å². The fourth-order valence-corrected chi connectivity index (χ4v) is 2.58. The van der Waals surface area contributed by atoms with E-state index in [1.165, 1.54) is 0 Å². The highest BCUT2D eigenvalue weighted by Crippen LogP contribution is 2.25. The first-order valence-electron chi connectivity index (χ1n) is 7.63. The van der Waals surface area contributed by atoms with Gasteiger partial charge in [-0.25, -0.2) is 0 Å². The fourth-order valence-electron chi connectivity index (χ4n) is 2.45. The molecular weight excluding hydrogens is 314 g/mol. The van der Waals surface area contributed by atoms with Crippen LogP contribution >= 0.6 is 11.6 Å². The van der Waals surface area contributed by atoms with Crippen LogP contribution in [0.4, 0.5) is 5.69 Å². The van der Waals surface area contributed by atoms with Crippen LogP contribution in [0.2, 0.25) is 5.02 Å². The molecule has 1 fully saturated rings. The van der Waals surface area contributed by atoms with E-state index in [4.69, 9.17) is 21.1 Å². The minimum Gasteiger partial charge on any atom is -0.489 e. The molecule has 120 valence electrons. The molecule has 1 saturated heterocycles. The highest BCUT2D eigenvalue weighted by atomic mass is 35.5. The van der Waals surface area contributed by atoms with Gasteiger partial charge >= 0.3 is 0 Å². The monoisotopic (exact) mass is 331 g/mol. The fraction of sp³-hybridized carbons (Fsp3) is 0.278. The van der Waals surface area contributed by atoms with E-state index in [2.05, 4.69) is 5.32 Å². The minimum atomic E-state index is -0.199. The predicted molar refractivity (Wildman–Crippen MR) is 90.3 cm³/mol. The summed E-state index contributed by atoms with van der Waals surface area (Å²) in [5.41, 5.74) is 1.19. The predicted octanol–water partition coefficient (Wildman–Crippen LogP) is 4.15. The first kappa shape index (κ1) is 15.8. The van der Waals surface area contributed by atoms with E-state index in [0.29, 0.717) is 28.6 Å². The number of anilines is 1. The van der Waals surface area contributed by atoms with E-state index in [1.807, 2.05) is 24.3 Å². The van der Waals surface area contributed by atoms with E-state index in [9.17, 15) is 4.79 Å². The summed E-state index contributed by atoms with van der Waals surface area (Å²) in [5.74, 6) is 0.445. The highest BCUT2D eigenvalue weighted by molar-refractivity contribution is 6.30. The van der Waals surface area contributed by atoms with Gasteiger partial charge in [-0.2, -0.15) is 0 Å². The number of para-hydroxylation sites is 2. The van der Waals surface area contributed by atoms with Gasteiger partial charge in [0.1, 0.15) is 12.4 Å². The number of rotatable bonds is 5. The van der Waals surface area contributed by atoms with Crippen LogP contribution in [0.25, 0.3) is 0 Å². The number of hydrogen-bond acceptors (Lipinski definition) is 3. The molecule has 1 amide bonds. The lowest BCUT2D eigenvalue weighted by Crippen LogP contribution is -2.18. The Morgan fingerprint density at radius 1 is 1.22 bits per heavy atom. The van der Waals surface area contributed by atoms with Gasteiger partial charge in [0.15, 0.2) is 0 Å². The number of nitrogens with one attached hydrogen (secondary N) is 1. The number of halogens is 1. The summed E-state index contributed by atoms with van der Waals surface area (Å²) in [6.07, 6.45) is 2.22. The van der Waals surface area contributed by atoms with Gasteiger partial charge in [0, 0.05) is 17.2 Å². The summed E-state index contributed by atoms with van der Waals surface area (Å²) in [5, 5.41) is 3.47. The lowest BCUT2D eigenvalue weighted by Gasteiger charge is -2.15. The van der Waals surface area contributed by atoms with Crippen molar-refractivity contribution in [3.05, 3.63) is 59.1 Å². The van der Waals surface area contributed by atoms with Gasteiger partial charge in [-0.3, -0.25) is 4.79 Å². The summed E-state index contributed by atoms with van der Waals surface area (Å²) < 4.78 is 11.4. The molecule has 1 aliphatic rings. The van der Waals surface area contributed by atoms with E-state index >= 15 is 0 Å². The minimum absolute atomic E-state index is 0.134. The zero-order valence-corrected chi connectivity index (χ0v) is 13.4.